The molecule has 0 saturated carbocycles. The lowest BCUT2D eigenvalue weighted by atomic mass is 9.85. The van der Waals surface area contributed by atoms with E-state index >= 15 is 0 Å². The van der Waals surface area contributed by atoms with Crippen LogP contribution in [0.4, 0.5) is 0 Å². The third kappa shape index (κ3) is 2.49. The maximum absolute atomic E-state index is 6.29. The van der Waals surface area contributed by atoms with Crippen LogP contribution in [0.25, 0.3) is 11.0 Å². The molecule has 0 amide bonds. The Labute approximate surface area is 122 Å². The Morgan fingerprint density at radius 2 is 1.85 bits per heavy atom. The summed E-state index contributed by atoms with van der Waals surface area (Å²) in [5.41, 5.74) is 5.02. The van der Waals surface area contributed by atoms with Crippen molar-refractivity contribution < 1.29 is 4.42 Å². The quantitative estimate of drug-likeness (QED) is 0.849. The van der Waals surface area contributed by atoms with Gasteiger partial charge in [-0.2, -0.15) is 0 Å². The predicted molar refractivity (Wildman–Crippen MR) is 86.5 cm³/mol. The average molecular weight is 273 g/mol. The summed E-state index contributed by atoms with van der Waals surface area (Å²) in [4.78, 5) is 0. The van der Waals surface area contributed by atoms with Gasteiger partial charge in [-0.15, -0.1) is 0 Å². The van der Waals surface area contributed by atoms with Gasteiger partial charge in [-0.25, -0.2) is 0 Å². The zero-order valence-corrected chi connectivity index (χ0v) is 13.8. The highest BCUT2D eigenvalue weighted by molar-refractivity contribution is 5.88. The van der Waals surface area contributed by atoms with Crippen molar-refractivity contribution >= 4 is 11.0 Å². The second-order valence-corrected chi connectivity index (χ2v) is 6.75. The van der Waals surface area contributed by atoms with Crippen molar-refractivity contribution in [1.82, 2.24) is 5.32 Å². The summed E-state index contributed by atoms with van der Waals surface area (Å²) < 4.78 is 6.29. The van der Waals surface area contributed by atoms with E-state index in [2.05, 4.69) is 65.9 Å². The molecule has 1 atom stereocenters. The van der Waals surface area contributed by atoms with Crippen molar-refractivity contribution in [3.05, 3.63) is 34.6 Å². The average Bonchev–Trinajstić information content (AvgIpc) is 2.67. The molecular formula is C18H27NO. The first-order valence-corrected chi connectivity index (χ1v) is 7.53. The zero-order chi connectivity index (χ0) is 15.1. The van der Waals surface area contributed by atoms with Crippen LogP contribution in [0.2, 0.25) is 0 Å². The summed E-state index contributed by atoms with van der Waals surface area (Å²) in [6.45, 7) is 16.3. The maximum atomic E-state index is 6.29. The Morgan fingerprint density at radius 1 is 1.20 bits per heavy atom. The van der Waals surface area contributed by atoms with Gasteiger partial charge < -0.3 is 9.73 Å². The van der Waals surface area contributed by atoms with Gasteiger partial charge in [0.05, 0.1) is 6.04 Å². The molecule has 0 fully saturated rings. The van der Waals surface area contributed by atoms with E-state index in [0.717, 1.165) is 17.9 Å². The van der Waals surface area contributed by atoms with Gasteiger partial charge >= 0.3 is 0 Å². The largest absolute Gasteiger partial charge is 0.459 e. The monoisotopic (exact) mass is 273 g/mol. The number of aryl methyl sites for hydroxylation is 2. The molecule has 0 aliphatic carbocycles. The standard InChI is InChI=1S/C18H27NO/c1-8-19-13(4)16-12(3)15-11(2)9-10-14(17(15)20-16)18(5,6)7/h9-10,13,19H,8H2,1-7H3. The van der Waals surface area contributed by atoms with Crippen LogP contribution in [0.3, 0.4) is 0 Å². The second-order valence-electron chi connectivity index (χ2n) is 6.75. The molecule has 110 valence electrons. The summed E-state index contributed by atoms with van der Waals surface area (Å²) in [5.74, 6) is 1.07. The SMILES string of the molecule is CCNC(C)c1oc2c(C(C)(C)C)ccc(C)c2c1C. The summed E-state index contributed by atoms with van der Waals surface area (Å²) in [6.07, 6.45) is 0. The second kappa shape index (κ2) is 5.25. The van der Waals surface area contributed by atoms with Crippen LogP contribution >= 0.6 is 0 Å². The Hall–Kier alpha value is -1.28. The van der Waals surface area contributed by atoms with Crippen LogP contribution in [0, 0.1) is 13.8 Å². The number of fused-ring (bicyclic) bond motifs is 1. The molecule has 0 aliphatic heterocycles. The van der Waals surface area contributed by atoms with Gasteiger partial charge in [-0.3, -0.25) is 0 Å². The van der Waals surface area contributed by atoms with Crippen LogP contribution in [-0.4, -0.2) is 6.54 Å². The molecule has 2 rings (SSSR count). The van der Waals surface area contributed by atoms with Gasteiger partial charge in [0.15, 0.2) is 0 Å². The van der Waals surface area contributed by atoms with E-state index in [-0.39, 0.29) is 11.5 Å². The highest BCUT2D eigenvalue weighted by Gasteiger charge is 2.24. The van der Waals surface area contributed by atoms with E-state index < -0.39 is 0 Å². The third-order valence-electron chi connectivity index (χ3n) is 4.03. The third-order valence-corrected chi connectivity index (χ3v) is 4.03. The van der Waals surface area contributed by atoms with Crippen molar-refractivity contribution in [3.63, 3.8) is 0 Å². The number of nitrogens with one attached hydrogen (secondary N) is 1. The predicted octanol–water partition coefficient (Wildman–Crippen LogP) is 5.02. The molecule has 2 aromatic rings. The normalized spacial score (nSPS) is 13.9. The molecule has 0 saturated heterocycles. The molecule has 2 nitrogen and oxygen atoms in total. The molecule has 1 unspecified atom stereocenters. The van der Waals surface area contributed by atoms with Crippen molar-refractivity contribution in [2.45, 2.75) is 59.9 Å². The minimum atomic E-state index is 0.0922. The number of rotatable bonds is 3. The number of hydrogen-bond donors (Lipinski definition) is 1. The van der Waals surface area contributed by atoms with Crippen molar-refractivity contribution in [2.24, 2.45) is 0 Å². The molecule has 0 spiro atoms. The molecule has 1 heterocycles. The van der Waals surface area contributed by atoms with E-state index in [0.29, 0.717) is 0 Å². The van der Waals surface area contributed by atoms with Gasteiger partial charge in [0.25, 0.3) is 0 Å². The molecule has 1 N–H and O–H groups in total. The van der Waals surface area contributed by atoms with Crippen LogP contribution in [0.5, 0.6) is 0 Å². The van der Waals surface area contributed by atoms with Gasteiger partial charge in [-0.1, -0.05) is 39.8 Å². The highest BCUT2D eigenvalue weighted by Crippen LogP contribution is 2.38. The van der Waals surface area contributed by atoms with Gasteiger partial charge in [0, 0.05) is 16.5 Å². The minimum Gasteiger partial charge on any atom is -0.459 e. The van der Waals surface area contributed by atoms with Crippen molar-refractivity contribution in [2.75, 3.05) is 6.54 Å². The fraction of sp³-hybridized carbons (Fsp3) is 0.556. The lowest BCUT2D eigenvalue weighted by molar-refractivity contribution is 0.450. The minimum absolute atomic E-state index is 0.0922. The van der Waals surface area contributed by atoms with E-state index in [4.69, 9.17) is 4.42 Å². The summed E-state index contributed by atoms with van der Waals surface area (Å²) in [5, 5.41) is 4.74. The van der Waals surface area contributed by atoms with E-state index in [1.165, 1.54) is 22.1 Å². The summed E-state index contributed by atoms with van der Waals surface area (Å²) in [6, 6.07) is 4.68. The van der Waals surface area contributed by atoms with Gasteiger partial charge in [-0.05, 0) is 38.3 Å². The molecule has 0 bridgehead atoms. The summed E-state index contributed by atoms with van der Waals surface area (Å²) >= 11 is 0. The molecular weight excluding hydrogens is 246 g/mol. The number of benzene rings is 1. The lowest BCUT2D eigenvalue weighted by Crippen LogP contribution is -2.17. The molecule has 20 heavy (non-hydrogen) atoms. The lowest BCUT2D eigenvalue weighted by Gasteiger charge is -2.19. The van der Waals surface area contributed by atoms with E-state index in [1.807, 2.05) is 0 Å². The fourth-order valence-corrected chi connectivity index (χ4v) is 2.97. The highest BCUT2D eigenvalue weighted by atomic mass is 16.3. The topological polar surface area (TPSA) is 25.2 Å². The van der Waals surface area contributed by atoms with Crippen LogP contribution in [0.1, 0.15) is 63.1 Å². The van der Waals surface area contributed by atoms with Gasteiger partial charge in [0.2, 0.25) is 0 Å². The molecule has 1 aromatic carbocycles. The van der Waals surface area contributed by atoms with E-state index in [9.17, 15) is 0 Å². The van der Waals surface area contributed by atoms with E-state index in [1.54, 1.807) is 0 Å². The number of hydrogen-bond acceptors (Lipinski definition) is 2. The molecule has 2 heteroatoms. The van der Waals surface area contributed by atoms with Crippen molar-refractivity contribution in [1.29, 1.82) is 0 Å². The first-order valence-electron chi connectivity index (χ1n) is 7.53. The fourth-order valence-electron chi connectivity index (χ4n) is 2.97. The first-order chi connectivity index (χ1) is 9.27. The molecule has 0 aliphatic rings. The molecule has 0 radical (unpaired) electrons. The van der Waals surface area contributed by atoms with Crippen LogP contribution in [-0.2, 0) is 5.41 Å². The zero-order valence-electron chi connectivity index (χ0n) is 13.8. The number of furan rings is 1. The first kappa shape index (κ1) is 15.1. The Kier molecular flexibility index (Phi) is 3.97. The van der Waals surface area contributed by atoms with Gasteiger partial charge in [0.1, 0.15) is 11.3 Å². The van der Waals surface area contributed by atoms with Crippen LogP contribution in [0.15, 0.2) is 16.5 Å². The Bertz CT molecular complexity index is 616. The molecule has 1 aromatic heterocycles. The smallest absolute Gasteiger partial charge is 0.138 e. The Balaban J connectivity index is 2.72. The van der Waals surface area contributed by atoms with Crippen LogP contribution < -0.4 is 5.32 Å². The maximum Gasteiger partial charge on any atom is 0.138 e. The van der Waals surface area contributed by atoms with Crippen molar-refractivity contribution in [3.8, 4) is 0 Å². The summed E-state index contributed by atoms with van der Waals surface area (Å²) in [7, 11) is 0. The Morgan fingerprint density at radius 3 is 2.40 bits per heavy atom.